The first-order chi connectivity index (χ1) is 9.19. The smallest absolute Gasteiger partial charge is 0.305 e. The summed E-state index contributed by atoms with van der Waals surface area (Å²) in [4.78, 5) is 19.1. The zero-order chi connectivity index (χ0) is 13.7. The van der Waals surface area contributed by atoms with Crippen LogP contribution in [-0.2, 0) is 9.53 Å². The standard InChI is InChI=1S/C14H18N2O2S/c1-3-18-13(17)9-8-10(2)19-14-15-11-6-4-5-7-12(11)16-14/h4-7,10H,3,8-9H2,1-2H3,(H,15,16). The van der Waals surface area contributed by atoms with Gasteiger partial charge in [0.15, 0.2) is 5.16 Å². The predicted molar refractivity (Wildman–Crippen MR) is 77.3 cm³/mol. The highest BCUT2D eigenvalue weighted by molar-refractivity contribution is 7.99. The van der Waals surface area contributed by atoms with E-state index in [-0.39, 0.29) is 5.97 Å². The van der Waals surface area contributed by atoms with Crippen LogP contribution in [0.3, 0.4) is 0 Å². The fraction of sp³-hybridized carbons (Fsp3) is 0.429. The Bertz CT molecular complexity index is 520. The molecule has 19 heavy (non-hydrogen) atoms. The van der Waals surface area contributed by atoms with Crippen molar-refractivity contribution in [3.63, 3.8) is 0 Å². The van der Waals surface area contributed by atoms with Crippen LogP contribution in [0.2, 0.25) is 0 Å². The lowest BCUT2D eigenvalue weighted by Gasteiger charge is -2.08. The van der Waals surface area contributed by atoms with Crippen molar-refractivity contribution in [1.82, 2.24) is 9.97 Å². The zero-order valence-electron chi connectivity index (χ0n) is 11.2. The highest BCUT2D eigenvalue weighted by Gasteiger charge is 2.11. The number of para-hydroxylation sites is 2. The Labute approximate surface area is 116 Å². The molecular weight excluding hydrogens is 260 g/mol. The zero-order valence-corrected chi connectivity index (χ0v) is 12.0. The first kappa shape index (κ1) is 13.9. The molecule has 1 aromatic carbocycles. The van der Waals surface area contributed by atoms with Gasteiger partial charge in [0.2, 0.25) is 0 Å². The molecule has 0 amide bonds. The van der Waals surface area contributed by atoms with Crippen molar-refractivity contribution in [2.75, 3.05) is 6.61 Å². The van der Waals surface area contributed by atoms with Gasteiger partial charge in [-0.2, -0.15) is 0 Å². The van der Waals surface area contributed by atoms with Crippen molar-refractivity contribution in [3.05, 3.63) is 24.3 Å². The van der Waals surface area contributed by atoms with Gasteiger partial charge in [-0.15, -0.1) is 0 Å². The van der Waals surface area contributed by atoms with Crippen LogP contribution >= 0.6 is 11.8 Å². The number of thioether (sulfide) groups is 1. The van der Waals surface area contributed by atoms with E-state index in [2.05, 4.69) is 16.9 Å². The van der Waals surface area contributed by atoms with Crippen molar-refractivity contribution >= 4 is 28.8 Å². The van der Waals surface area contributed by atoms with Gasteiger partial charge in [-0.1, -0.05) is 30.8 Å². The molecule has 1 heterocycles. The van der Waals surface area contributed by atoms with E-state index in [1.54, 1.807) is 11.8 Å². The van der Waals surface area contributed by atoms with Crippen LogP contribution in [-0.4, -0.2) is 27.8 Å². The number of rotatable bonds is 6. The molecule has 0 fully saturated rings. The van der Waals surface area contributed by atoms with Crippen molar-refractivity contribution in [2.45, 2.75) is 37.1 Å². The number of esters is 1. The number of carbonyl (C=O) groups excluding carboxylic acids is 1. The summed E-state index contributed by atoms with van der Waals surface area (Å²) in [6.45, 7) is 4.37. The predicted octanol–water partition coefficient (Wildman–Crippen LogP) is 3.39. The monoisotopic (exact) mass is 278 g/mol. The summed E-state index contributed by atoms with van der Waals surface area (Å²) < 4.78 is 4.92. The summed E-state index contributed by atoms with van der Waals surface area (Å²) >= 11 is 1.65. The molecule has 1 unspecified atom stereocenters. The molecule has 0 aliphatic carbocycles. The number of aromatic nitrogens is 2. The molecule has 0 saturated heterocycles. The molecule has 4 nitrogen and oxygen atoms in total. The van der Waals surface area contributed by atoms with Crippen LogP contribution in [0.25, 0.3) is 11.0 Å². The van der Waals surface area contributed by atoms with E-state index in [4.69, 9.17) is 4.74 Å². The molecule has 0 aliphatic heterocycles. The molecule has 2 aromatic rings. The summed E-state index contributed by atoms with van der Waals surface area (Å²) in [5, 5.41) is 1.22. The highest BCUT2D eigenvalue weighted by atomic mass is 32.2. The van der Waals surface area contributed by atoms with Gasteiger partial charge in [-0.05, 0) is 25.5 Å². The van der Waals surface area contributed by atoms with Crippen molar-refractivity contribution < 1.29 is 9.53 Å². The lowest BCUT2D eigenvalue weighted by atomic mass is 10.2. The number of carbonyl (C=O) groups is 1. The van der Waals surface area contributed by atoms with E-state index in [0.717, 1.165) is 22.6 Å². The summed E-state index contributed by atoms with van der Waals surface area (Å²) in [6.07, 6.45) is 1.25. The SMILES string of the molecule is CCOC(=O)CCC(C)Sc1nc2ccccc2[nH]1. The molecule has 0 saturated carbocycles. The summed E-state index contributed by atoms with van der Waals surface area (Å²) in [7, 11) is 0. The molecular formula is C14H18N2O2S. The van der Waals surface area contributed by atoms with E-state index in [1.807, 2.05) is 31.2 Å². The summed E-state index contributed by atoms with van der Waals surface area (Å²) in [5.41, 5.74) is 2.02. The largest absolute Gasteiger partial charge is 0.466 e. The van der Waals surface area contributed by atoms with E-state index < -0.39 is 0 Å². The Morgan fingerprint density at radius 1 is 1.47 bits per heavy atom. The third-order valence-electron chi connectivity index (χ3n) is 2.74. The second-order valence-corrected chi connectivity index (χ2v) is 5.76. The third-order valence-corrected chi connectivity index (χ3v) is 3.80. The van der Waals surface area contributed by atoms with Gasteiger partial charge >= 0.3 is 5.97 Å². The summed E-state index contributed by atoms with van der Waals surface area (Å²) in [6, 6.07) is 7.95. The molecule has 102 valence electrons. The molecule has 0 radical (unpaired) electrons. The number of H-pyrrole nitrogens is 1. The normalized spacial score (nSPS) is 12.5. The van der Waals surface area contributed by atoms with E-state index in [0.29, 0.717) is 18.3 Å². The third kappa shape index (κ3) is 3.99. The molecule has 0 bridgehead atoms. The molecule has 1 N–H and O–H groups in total. The van der Waals surface area contributed by atoms with Crippen LogP contribution < -0.4 is 0 Å². The van der Waals surface area contributed by atoms with Crippen LogP contribution in [0.4, 0.5) is 0 Å². The first-order valence-corrected chi connectivity index (χ1v) is 7.34. The molecule has 2 rings (SSSR count). The lowest BCUT2D eigenvalue weighted by molar-refractivity contribution is -0.143. The second-order valence-electron chi connectivity index (χ2n) is 4.33. The quantitative estimate of drug-likeness (QED) is 0.650. The van der Waals surface area contributed by atoms with Gasteiger partial charge in [0.05, 0.1) is 17.6 Å². The first-order valence-electron chi connectivity index (χ1n) is 6.46. The van der Waals surface area contributed by atoms with Crippen molar-refractivity contribution in [1.29, 1.82) is 0 Å². The highest BCUT2D eigenvalue weighted by Crippen LogP contribution is 2.25. The molecule has 1 atom stereocenters. The van der Waals surface area contributed by atoms with Crippen molar-refractivity contribution in [3.8, 4) is 0 Å². The maximum absolute atomic E-state index is 11.3. The lowest BCUT2D eigenvalue weighted by Crippen LogP contribution is -2.07. The maximum atomic E-state index is 11.3. The Hall–Kier alpha value is -1.49. The Morgan fingerprint density at radius 3 is 3.00 bits per heavy atom. The molecule has 0 aliphatic rings. The van der Waals surface area contributed by atoms with Crippen LogP contribution in [0.5, 0.6) is 0 Å². The number of imidazole rings is 1. The number of ether oxygens (including phenoxy) is 1. The van der Waals surface area contributed by atoms with Gasteiger partial charge in [0.25, 0.3) is 0 Å². The average molecular weight is 278 g/mol. The van der Waals surface area contributed by atoms with Crippen LogP contribution in [0.1, 0.15) is 26.7 Å². The number of hydrogen-bond donors (Lipinski definition) is 1. The molecule has 0 spiro atoms. The number of fused-ring (bicyclic) bond motifs is 1. The maximum Gasteiger partial charge on any atom is 0.305 e. The van der Waals surface area contributed by atoms with E-state index in [1.165, 1.54) is 0 Å². The topological polar surface area (TPSA) is 55.0 Å². The van der Waals surface area contributed by atoms with Gasteiger partial charge in [-0.3, -0.25) is 4.79 Å². The Kier molecular flexibility index (Phi) is 4.85. The summed E-state index contributed by atoms with van der Waals surface area (Å²) in [5.74, 6) is -0.125. The number of benzene rings is 1. The van der Waals surface area contributed by atoms with E-state index in [9.17, 15) is 4.79 Å². The second kappa shape index (κ2) is 6.61. The van der Waals surface area contributed by atoms with Gasteiger partial charge in [0, 0.05) is 11.7 Å². The van der Waals surface area contributed by atoms with Gasteiger partial charge < -0.3 is 9.72 Å². The minimum Gasteiger partial charge on any atom is -0.466 e. The molecule has 1 aromatic heterocycles. The minimum atomic E-state index is -0.125. The number of hydrogen-bond acceptors (Lipinski definition) is 4. The number of aromatic amines is 1. The fourth-order valence-electron chi connectivity index (χ4n) is 1.79. The van der Waals surface area contributed by atoms with Crippen molar-refractivity contribution in [2.24, 2.45) is 0 Å². The average Bonchev–Trinajstić information content (AvgIpc) is 2.78. The molecule has 5 heteroatoms. The van der Waals surface area contributed by atoms with E-state index >= 15 is 0 Å². The van der Waals surface area contributed by atoms with Crippen LogP contribution in [0.15, 0.2) is 29.4 Å². The fourth-order valence-corrected chi connectivity index (χ4v) is 2.73. The Balaban J connectivity index is 1.88. The van der Waals surface area contributed by atoms with Crippen LogP contribution in [0, 0.1) is 0 Å². The number of nitrogens with zero attached hydrogens (tertiary/aromatic N) is 1. The minimum absolute atomic E-state index is 0.125. The van der Waals surface area contributed by atoms with Gasteiger partial charge in [-0.25, -0.2) is 4.98 Å². The Morgan fingerprint density at radius 2 is 2.26 bits per heavy atom. The van der Waals surface area contributed by atoms with Gasteiger partial charge in [0.1, 0.15) is 0 Å². The number of nitrogens with one attached hydrogen (secondary N) is 1.